The molecule has 4 aromatic carbocycles. The van der Waals surface area contributed by atoms with Crippen molar-refractivity contribution in [2.24, 2.45) is 5.10 Å². The Morgan fingerprint density at radius 1 is 0.507 bits per heavy atom. The monoisotopic (exact) mass is 1190 g/mol. The van der Waals surface area contributed by atoms with Crippen LogP contribution in [0.15, 0.2) is 153 Å². The summed E-state index contributed by atoms with van der Waals surface area (Å²) in [6.07, 6.45) is 10.1. The topological polar surface area (TPSA) is 77.0 Å². The number of hydrogen-bond donors (Lipinski definition) is 1. The highest BCUT2D eigenvalue weighted by molar-refractivity contribution is 8.44. The maximum atomic E-state index is 13.0. The highest BCUT2D eigenvalue weighted by Gasteiger charge is 2.30. The van der Waals surface area contributed by atoms with Crippen molar-refractivity contribution in [1.29, 1.82) is 0 Å². The fourth-order valence-corrected chi connectivity index (χ4v) is 25.7. The van der Waals surface area contributed by atoms with Crippen molar-refractivity contribution in [3.05, 3.63) is 177 Å². The van der Waals surface area contributed by atoms with Crippen molar-refractivity contribution in [2.75, 3.05) is 25.0 Å². The van der Waals surface area contributed by atoms with E-state index in [-0.39, 0.29) is 4.90 Å². The molecule has 1 N–H and O–H groups in total. The van der Waals surface area contributed by atoms with Crippen LogP contribution in [-0.4, -0.2) is 39.7 Å². The molecule has 0 spiro atoms. The number of thioether (sulfide) groups is 14. The van der Waals surface area contributed by atoms with Crippen LogP contribution < -0.4 is 14.3 Å². The van der Waals surface area contributed by atoms with Crippen LogP contribution in [0.4, 0.5) is 0 Å². The molecule has 8 rings (SSSR count). The molecular weight excluding hydrogens is 1150 g/mol. The molecule has 0 amide bonds. The Hall–Kier alpha value is -0.760. The third-order valence-electron chi connectivity index (χ3n) is 9.80. The Morgan fingerprint density at radius 3 is 1.29 bits per heavy atom. The standard InChI is InChI=1S/C48H46N2O4S15/c1-28-8-18-38(19-9-28)69(51,52)50-49-23-35-20-36(53-24-31-10-14-33(15-11-31)26-59-39-29(2)61-45(63-39)47-65-41(55-4)42(56-5)66-47)22-37(21-35)54-25-32-12-16-34(17-13-32)27-60-40-30(3)62-46(64-40)48-67-43(57-6)44(58-7)68-48/h8-23,50H,24-27H2,1-7H3/b49-23+. The molecule has 0 unspecified atom stereocenters. The van der Waals surface area contributed by atoms with E-state index < -0.39 is 10.0 Å². The number of hydrazone groups is 1. The zero-order chi connectivity index (χ0) is 48.5. The third-order valence-corrected chi connectivity index (χ3v) is 30.9. The Balaban J connectivity index is 0.875. The molecule has 0 aliphatic carbocycles. The molecule has 0 fully saturated rings. The van der Waals surface area contributed by atoms with Crippen LogP contribution in [0, 0.1) is 6.92 Å². The van der Waals surface area contributed by atoms with Gasteiger partial charge in [-0.2, -0.15) is 13.5 Å². The average Bonchev–Trinajstić information content (AvgIpc) is 4.16. The first kappa shape index (κ1) is 54.5. The predicted molar refractivity (Wildman–Crippen MR) is 328 cm³/mol. The van der Waals surface area contributed by atoms with E-state index in [1.165, 1.54) is 69.5 Å². The summed E-state index contributed by atoms with van der Waals surface area (Å²) in [5.41, 5.74) is 6.17. The molecule has 0 saturated heterocycles. The summed E-state index contributed by atoms with van der Waals surface area (Å²) in [4.78, 5) is 5.22. The minimum Gasteiger partial charge on any atom is -0.489 e. The van der Waals surface area contributed by atoms with Crippen molar-refractivity contribution in [3.63, 3.8) is 0 Å². The van der Waals surface area contributed by atoms with Crippen LogP contribution in [0.2, 0.25) is 0 Å². The normalized spacial score (nSPS) is 16.7. The first-order valence-corrected chi connectivity index (χ1v) is 35.7. The van der Waals surface area contributed by atoms with Gasteiger partial charge >= 0.3 is 0 Å². The molecule has 0 atom stereocenters. The quantitative estimate of drug-likeness (QED) is 0.0673. The first-order chi connectivity index (χ1) is 33.4. The van der Waals surface area contributed by atoms with Crippen molar-refractivity contribution in [1.82, 2.24) is 4.83 Å². The summed E-state index contributed by atoms with van der Waals surface area (Å²) in [5.74, 6) is 2.93. The lowest BCUT2D eigenvalue weighted by Crippen LogP contribution is -2.18. The number of nitrogens with one attached hydrogen (secondary N) is 1. The molecule has 21 heteroatoms. The molecule has 362 valence electrons. The van der Waals surface area contributed by atoms with E-state index in [2.05, 4.69) is 97.3 Å². The zero-order valence-electron chi connectivity index (χ0n) is 38.3. The Bertz CT molecular complexity index is 2710. The van der Waals surface area contributed by atoms with Crippen LogP contribution in [-0.2, 0) is 34.7 Å². The van der Waals surface area contributed by atoms with Gasteiger partial charge in [-0.3, -0.25) is 0 Å². The summed E-state index contributed by atoms with van der Waals surface area (Å²) < 4.78 is 52.6. The minimum absolute atomic E-state index is 0.140. The summed E-state index contributed by atoms with van der Waals surface area (Å²) in [7, 11) is -3.85. The number of sulfonamides is 1. The number of nitrogens with zero attached hydrogens (tertiary/aromatic N) is 1. The van der Waals surface area contributed by atoms with Gasteiger partial charge in [0.15, 0.2) is 0 Å². The fourth-order valence-electron chi connectivity index (χ4n) is 6.23. The van der Waals surface area contributed by atoms with Crippen molar-refractivity contribution in [3.8, 4) is 11.5 Å². The van der Waals surface area contributed by atoms with E-state index in [9.17, 15) is 8.42 Å². The second-order valence-electron chi connectivity index (χ2n) is 14.8. The number of benzene rings is 4. The van der Waals surface area contributed by atoms with E-state index in [4.69, 9.17) is 9.47 Å². The van der Waals surface area contributed by atoms with Gasteiger partial charge in [0.2, 0.25) is 0 Å². The van der Waals surface area contributed by atoms with Gasteiger partial charge in [-0.1, -0.05) is 160 Å². The molecule has 4 aliphatic rings. The van der Waals surface area contributed by atoms with Gasteiger partial charge in [0.05, 0.1) is 53.5 Å². The van der Waals surface area contributed by atoms with E-state index in [1.54, 1.807) is 24.3 Å². The van der Waals surface area contributed by atoms with E-state index >= 15 is 0 Å². The maximum Gasteiger partial charge on any atom is 0.276 e. The highest BCUT2D eigenvalue weighted by Crippen LogP contribution is 2.66. The van der Waals surface area contributed by atoms with Crippen LogP contribution >= 0.6 is 165 Å². The van der Waals surface area contributed by atoms with Crippen molar-refractivity contribution < 1.29 is 17.9 Å². The zero-order valence-corrected chi connectivity index (χ0v) is 50.5. The van der Waals surface area contributed by atoms with E-state index in [0.29, 0.717) is 30.3 Å². The fraction of sp³-hybridized carbons (Fsp3) is 0.229. The van der Waals surface area contributed by atoms with Crippen LogP contribution in [0.1, 0.15) is 47.2 Å². The van der Waals surface area contributed by atoms with Gasteiger partial charge in [0, 0.05) is 32.9 Å². The Morgan fingerprint density at radius 2 is 0.884 bits per heavy atom. The van der Waals surface area contributed by atoms with E-state index in [1.807, 2.05) is 190 Å². The van der Waals surface area contributed by atoms with Crippen LogP contribution in [0.5, 0.6) is 11.5 Å². The molecule has 0 radical (unpaired) electrons. The van der Waals surface area contributed by atoms with Crippen molar-refractivity contribution in [2.45, 2.75) is 50.4 Å². The molecule has 4 heterocycles. The second kappa shape index (κ2) is 26.1. The van der Waals surface area contributed by atoms with Gasteiger partial charge in [-0.05, 0) is 92.3 Å². The molecule has 6 nitrogen and oxygen atoms in total. The van der Waals surface area contributed by atoms with Gasteiger partial charge in [-0.25, -0.2) is 4.83 Å². The number of aryl methyl sites for hydroxylation is 1. The van der Waals surface area contributed by atoms with Crippen LogP contribution in [0.3, 0.4) is 0 Å². The van der Waals surface area contributed by atoms with Gasteiger partial charge in [0.1, 0.15) is 24.7 Å². The second-order valence-corrected chi connectivity index (χ2v) is 32.9. The Kier molecular flexibility index (Phi) is 20.6. The molecule has 69 heavy (non-hydrogen) atoms. The molecule has 4 aliphatic heterocycles. The smallest absolute Gasteiger partial charge is 0.276 e. The Labute approximate surface area is 466 Å². The molecule has 0 aromatic heterocycles. The minimum atomic E-state index is -3.85. The van der Waals surface area contributed by atoms with Gasteiger partial charge in [-0.15, -0.1) is 70.6 Å². The summed E-state index contributed by atoms with van der Waals surface area (Å²) >= 11 is 26.4. The third kappa shape index (κ3) is 15.0. The van der Waals surface area contributed by atoms with Crippen molar-refractivity contribution >= 4 is 181 Å². The van der Waals surface area contributed by atoms with Crippen LogP contribution in [0.25, 0.3) is 0 Å². The predicted octanol–water partition coefficient (Wildman–Crippen LogP) is 18.2. The SMILES string of the molecule is CSC1=C(SC)SC(=C2SC(C)=C(SCc3ccc(COc4cc(/C=N/NS(=O)(=O)c5ccc(C)cc5)cc(OCc5ccc(CSC6=C(C)SC(=C7SC(SC)=C(SC)S7)S6)cc5)c4)cc3)S2)S1. The summed E-state index contributed by atoms with van der Waals surface area (Å²) in [5, 5.41) is 4.12. The lowest BCUT2D eigenvalue weighted by Gasteiger charge is -2.12. The largest absolute Gasteiger partial charge is 0.489 e. The molecule has 4 aromatic rings. The lowest BCUT2D eigenvalue weighted by molar-refractivity contribution is 0.290. The average molecular weight is 1200 g/mol. The highest BCUT2D eigenvalue weighted by atomic mass is 32.3. The molecule has 0 bridgehead atoms. The lowest BCUT2D eigenvalue weighted by atomic mass is 10.1. The number of allylic oxidation sites excluding steroid dienone is 2. The summed E-state index contributed by atoms with van der Waals surface area (Å²) in [6.45, 7) is 7.06. The van der Waals surface area contributed by atoms with Gasteiger partial charge < -0.3 is 9.47 Å². The molecule has 0 saturated carbocycles. The summed E-state index contributed by atoms with van der Waals surface area (Å²) in [6, 6.07) is 29.3. The van der Waals surface area contributed by atoms with Gasteiger partial charge in [0.25, 0.3) is 10.0 Å². The number of ether oxygens (including phenoxy) is 2. The maximum absolute atomic E-state index is 13.0. The molecular formula is C48H46N2O4S15. The first-order valence-electron chi connectivity index (χ1n) is 20.8. The number of hydrogen-bond acceptors (Lipinski definition) is 19. The van der Waals surface area contributed by atoms with E-state index in [0.717, 1.165) is 28.2 Å². The number of rotatable bonds is 20.